The van der Waals surface area contributed by atoms with Crippen LogP contribution in [0.3, 0.4) is 0 Å². The van der Waals surface area contributed by atoms with Crippen molar-refractivity contribution in [2.24, 2.45) is 0 Å². The van der Waals surface area contributed by atoms with E-state index < -0.39 is 16.0 Å². The van der Waals surface area contributed by atoms with Gasteiger partial charge in [0.05, 0.1) is 25.6 Å². The van der Waals surface area contributed by atoms with Gasteiger partial charge in [-0.1, -0.05) is 0 Å². The molecule has 0 amide bonds. The normalized spacial score (nSPS) is 21.3. The summed E-state index contributed by atoms with van der Waals surface area (Å²) in [6.07, 6.45) is 0.252. The highest BCUT2D eigenvalue weighted by molar-refractivity contribution is 7.89. The van der Waals surface area contributed by atoms with E-state index in [0.717, 1.165) is 6.54 Å². The van der Waals surface area contributed by atoms with Crippen molar-refractivity contribution in [3.05, 3.63) is 0 Å². The first-order valence-corrected chi connectivity index (χ1v) is 7.92. The molecule has 19 heavy (non-hydrogen) atoms. The molecule has 0 bridgehead atoms. The van der Waals surface area contributed by atoms with E-state index in [2.05, 4.69) is 14.4 Å². The Bertz CT molecular complexity index is 385. The standard InChI is InChI=1S/C11H22N2O5S/c1-13-5-6-18-10(9-13)8-12-19(15,16)7-3-4-11(14)17-2/h10,12H,3-9H2,1-2H3. The fourth-order valence-corrected chi connectivity index (χ4v) is 2.90. The SMILES string of the molecule is COC(=O)CCCS(=O)(=O)NCC1CN(C)CCO1. The molecule has 1 rings (SSSR count). The van der Waals surface area contributed by atoms with Crippen molar-refractivity contribution in [2.45, 2.75) is 18.9 Å². The third kappa shape index (κ3) is 6.86. The number of rotatable bonds is 7. The van der Waals surface area contributed by atoms with Crippen LogP contribution in [0.15, 0.2) is 0 Å². The number of hydrogen-bond donors (Lipinski definition) is 1. The molecule has 1 N–H and O–H groups in total. The lowest BCUT2D eigenvalue weighted by Crippen LogP contribution is -2.46. The van der Waals surface area contributed by atoms with Gasteiger partial charge in [0.15, 0.2) is 0 Å². The van der Waals surface area contributed by atoms with Gasteiger partial charge in [0, 0.05) is 26.1 Å². The van der Waals surface area contributed by atoms with Crippen molar-refractivity contribution in [3.8, 4) is 0 Å². The highest BCUT2D eigenvalue weighted by Crippen LogP contribution is 2.03. The van der Waals surface area contributed by atoms with Crippen LogP contribution in [-0.4, -0.2) is 71.5 Å². The van der Waals surface area contributed by atoms with Crippen LogP contribution in [-0.2, 0) is 24.3 Å². The van der Waals surface area contributed by atoms with E-state index in [9.17, 15) is 13.2 Å². The molecule has 1 unspecified atom stereocenters. The Labute approximate surface area is 114 Å². The quantitative estimate of drug-likeness (QED) is 0.618. The maximum Gasteiger partial charge on any atom is 0.305 e. The minimum atomic E-state index is -3.36. The van der Waals surface area contributed by atoms with Crippen LogP contribution in [0.5, 0.6) is 0 Å². The van der Waals surface area contributed by atoms with Gasteiger partial charge in [-0.05, 0) is 13.5 Å². The van der Waals surface area contributed by atoms with E-state index in [1.165, 1.54) is 7.11 Å². The van der Waals surface area contributed by atoms with Gasteiger partial charge < -0.3 is 14.4 Å². The van der Waals surface area contributed by atoms with E-state index in [0.29, 0.717) is 13.2 Å². The van der Waals surface area contributed by atoms with Crippen molar-refractivity contribution in [3.63, 3.8) is 0 Å². The van der Waals surface area contributed by atoms with E-state index in [1.807, 2.05) is 7.05 Å². The van der Waals surface area contributed by atoms with Crippen LogP contribution in [0.2, 0.25) is 0 Å². The first-order valence-electron chi connectivity index (χ1n) is 6.27. The van der Waals surface area contributed by atoms with Crippen molar-refractivity contribution < 1.29 is 22.7 Å². The van der Waals surface area contributed by atoms with Crippen LogP contribution >= 0.6 is 0 Å². The summed E-state index contributed by atoms with van der Waals surface area (Å²) in [5.74, 6) is -0.475. The lowest BCUT2D eigenvalue weighted by molar-refractivity contribution is -0.140. The molecule has 0 aromatic heterocycles. The third-order valence-corrected chi connectivity index (χ3v) is 4.33. The molecule has 0 aliphatic carbocycles. The van der Waals surface area contributed by atoms with E-state index in [4.69, 9.17) is 4.74 Å². The predicted molar refractivity (Wildman–Crippen MR) is 70.3 cm³/mol. The molecule has 1 atom stereocenters. The number of nitrogens with one attached hydrogen (secondary N) is 1. The number of morpholine rings is 1. The molecule has 8 heteroatoms. The van der Waals surface area contributed by atoms with Crippen LogP contribution in [0.25, 0.3) is 0 Å². The lowest BCUT2D eigenvalue weighted by atomic mass is 10.3. The average molecular weight is 294 g/mol. The average Bonchev–Trinajstić information content (AvgIpc) is 2.36. The van der Waals surface area contributed by atoms with Gasteiger partial charge in [-0.15, -0.1) is 0 Å². The summed E-state index contributed by atoms with van der Waals surface area (Å²) in [5.41, 5.74) is 0. The van der Waals surface area contributed by atoms with Crippen molar-refractivity contribution in [1.82, 2.24) is 9.62 Å². The summed E-state index contributed by atoms with van der Waals surface area (Å²) in [7, 11) is -0.102. The van der Waals surface area contributed by atoms with Crippen molar-refractivity contribution in [2.75, 3.05) is 46.2 Å². The summed E-state index contributed by atoms with van der Waals surface area (Å²) in [5, 5.41) is 0. The monoisotopic (exact) mass is 294 g/mol. The maximum absolute atomic E-state index is 11.7. The Hall–Kier alpha value is -0.700. The zero-order valence-electron chi connectivity index (χ0n) is 11.4. The van der Waals surface area contributed by atoms with Crippen LogP contribution in [0, 0.1) is 0 Å². The minimum absolute atomic E-state index is 0.0787. The highest BCUT2D eigenvalue weighted by atomic mass is 32.2. The van der Waals surface area contributed by atoms with E-state index in [-0.39, 0.29) is 31.2 Å². The molecule has 0 aromatic carbocycles. The van der Waals surface area contributed by atoms with Crippen molar-refractivity contribution in [1.29, 1.82) is 0 Å². The number of methoxy groups -OCH3 is 1. The lowest BCUT2D eigenvalue weighted by Gasteiger charge is -2.30. The first-order chi connectivity index (χ1) is 8.93. The Morgan fingerprint density at radius 3 is 2.89 bits per heavy atom. The van der Waals surface area contributed by atoms with Gasteiger partial charge in [0.25, 0.3) is 0 Å². The predicted octanol–water partition coefficient (Wildman–Crippen LogP) is -0.810. The molecule has 1 heterocycles. The Morgan fingerprint density at radius 1 is 1.53 bits per heavy atom. The maximum atomic E-state index is 11.7. The van der Waals surface area contributed by atoms with E-state index in [1.54, 1.807) is 0 Å². The van der Waals surface area contributed by atoms with Crippen LogP contribution in [0.1, 0.15) is 12.8 Å². The molecule has 1 aliphatic heterocycles. The number of ether oxygens (including phenoxy) is 2. The molecule has 1 fully saturated rings. The Balaban J connectivity index is 2.24. The van der Waals surface area contributed by atoms with Gasteiger partial charge >= 0.3 is 5.97 Å². The molecule has 0 saturated carbocycles. The summed E-state index contributed by atoms with van der Waals surface area (Å²) in [6.45, 7) is 2.46. The zero-order valence-corrected chi connectivity index (χ0v) is 12.2. The van der Waals surface area contributed by atoms with Crippen LogP contribution in [0.4, 0.5) is 0 Å². The smallest absolute Gasteiger partial charge is 0.305 e. The number of nitrogens with zero attached hydrogens (tertiary/aromatic N) is 1. The second kappa shape index (κ2) is 7.78. The number of hydrogen-bond acceptors (Lipinski definition) is 6. The Kier molecular flexibility index (Phi) is 6.70. The van der Waals surface area contributed by atoms with Crippen LogP contribution < -0.4 is 4.72 Å². The number of esters is 1. The molecule has 0 aromatic rings. The largest absolute Gasteiger partial charge is 0.469 e. The topological polar surface area (TPSA) is 84.9 Å². The third-order valence-electron chi connectivity index (χ3n) is 2.89. The molecule has 112 valence electrons. The van der Waals surface area contributed by atoms with Crippen molar-refractivity contribution >= 4 is 16.0 Å². The fraction of sp³-hybridized carbons (Fsp3) is 0.909. The van der Waals surface area contributed by atoms with Gasteiger partial charge in [0.1, 0.15) is 0 Å². The summed E-state index contributed by atoms with van der Waals surface area (Å²) in [6, 6.07) is 0. The Morgan fingerprint density at radius 2 is 2.26 bits per heavy atom. The number of carbonyl (C=O) groups excluding carboxylic acids is 1. The second-order valence-corrected chi connectivity index (χ2v) is 6.53. The molecule has 1 saturated heterocycles. The van der Waals surface area contributed by atoms with Gasteiger partial charge in [-0.3, -0.25) is 4.79 Å². The summed E-state index contributed by atoms with van der Waals surface area (Å²) >= 11 is 0. The summed E-state index contributed by atoms with van der Waals surface area (Å²) < 4.78 is 35.8. The minimum Gasteiger partial charge on any atom is -0.469 e. The van der Waals surface area contributed by atoms with E-state index >= 15 is 0 Å². The highest BCUT2D eigenvalue weighted by Gasteiger charge is 2.20. The molecule has 0 radical (unpaired) electrons. The molecule has 7 nitrogen and oxygen atoms in total. The molecule has 1 aliphatic rings. The zero-order chi connectivity index (χ0) is 14.3. The fourth-order valence-electron chi connectivity index (χ4n) is 1.79. The summed E-state index contributed by atoms with van der Waals surface area (Å²) in [4.78, 5) is 13.0. The number of likely N-dealkylation sites (N-methyl/N-ethyl adjacent to an activating group) is 1. The first kappa shape index (κ1) is 16.4. The molecular formula is C11H22N2O5S. The molecule has 0 spiro atoms. The second-order valence-electron chi connectivity index (χ2n) is 4.60. The van der Waals surface area contributed by atoms with Gasteiger partial charge in [-0.25, -0.2) is 13.1 Å². The van der Waals surface area contributed by atoms with Gasteiger partial charge in [-0.2, -0.15) is 0 Å². The van der Waals surface area contributed by atoms with Gasteiger partial charge in [0.2, 0.25) is 10.0 Å². The number of sulfonamides is 1. The molecular weight excluding hydrogens is 272 g/mol. The number of carbonyl (C=O) groups is 1.